The topological polar surface area (TPSA) is 88.9 Å². The number of Topliss-reactive ketones (excluding diaryl/α,β-unsaturated/α-hetero) is 1. The van der Waals surface area contributed by atoms with Crippen molar-refractivity contribution >= 4 is 11.9 Å². The van der Waals surface area contributed by atoms with Crippen LogP contribution in [-0.2, 0) is 25.6 Å². The molecule has 2 spiro atoms. The number of carbonyl (C=O) groups excluding carboxylic acids is 2. The molecule has 2 atom stereocenters. The standard InChI is InChI=1S/C22H26N2O5/c1-16-18(13-23)19(25)21(7-9-22(10-8-21)28-11-12-29-22)15-24(16)20(26)27-14-17-5-3-2-4-6-17/h2-6,16,18H,7-12,14-15H2,1H3/t16-,18?/m0/s1. The van der Waals surface area contributed by atoms with Gasteiger partial charge in [-0.3, -0.25) is 4.79 Å². The van der Waals surface area contributed by atoms with Crippen LogP contribution in [0.4, 0.5) is 4.79 Å². The van der Waals surface area contributed by atoms with E-state index in [2.05, 4.69) is 6.07 Å². The van der Waals surface area contributed by atoms with Gasteiger partial charge in [-0.25, -0.2) is 4.79 Å². The Morgan fingerprint density at radius 3 is 2.48 bits per heavy atom. The van der Waals surface area contributed by atoms with Crippen molar-refractivity contribution in [3.8, 4) is 6.07 Å². The van der Waals surface area contributed by atoms with E-state index in [0.29, 0.717) is 38.9 Å². The van der Waals surface area contributed by atoms with Crippen molar-refractivity contribution in [2.24, 2.45) is 11.3 Å². The monoisotopic (exact) mass is 398 g/mol. The number of hydrogen-bond donors (Lipinski definition) is 0. The number of ether oxygens (including phenoxy) is 3. The average molecular weight is 398 g/mol. The lowest BCUT2D eigenvalue weighted by molar-refractivity contribution is -0.197. The molecule has 0 aromatic heterocycles. The third-order valence-electron chi connectivity index (χ3n) is 6.61. The molecule has 4 rings (SSSR count). The molecule has 0 bridgehead atoms. The van der Waals surface area contributed by atoms with E-state index in [0.717, 1.165) is 5.56 Å². The first-order chi connectivity index (χ1) is 14.0. The second kappa shape index (κ2) is 7.77. The third-order valence-corrected chi connectivity index (χ3v) is 6.61. The van der Waals surface area contributed by atoms with Crippen LogP contribution in [-0.4, -0.2) is 48.4 Å². The van der Waals surface area contributed by atoms with Crippen molar-refractivity contribution in [1.29, 1.82) is 5.26 Å². The summed E-state index contributed by atoms with van der Waals surface area (Å²) in [4.78, 5) is 27.6. The van der Waals surface area contributed by atoms with Crippen molar-refractivity contribution in [3.05, 3.63) is 35.9 Å². The number of ketones is 1. The molecule has 1 aromatic rings. The molecule has 2 saturated heterocycles. The molecule has 2 aliphatic heterocycles. The van der Waals surface area contributed by atoms with E-state index in [1.165, 1.54) is 0 Å². The molecular weight excluding hydrogens is 372 g/mol. The molecule has 3 aliphatic rings. The molecule has 2 heterocycles. The highest BCUT2D eigenvalue weighted by Gasteiger charge is 2.56. The number of carbonyl (C=O) groups is 2. The van der Waals surface area contributed by atoms with Gasteiger partial charge in [-0.05, 0) is 25.3 Å². The van der Waals surface area contributed by atoms with E-state index in [1.807, 2.05) is 30.3 Å². The first-order valence-corrected chi connectivity index (χ1v) is 10.2. The molecule has 1 aliphatic carbocycles. The maximum Gasteiger partial charge on any atom is 0.410 e. The van der Waals surface area contributed by atoms with Crippen LogP contribution in [0.1, 0.15) is 38.2 Å². The van der Waals surface area contributed by atoms with E-state index in [4.69, 9.17) is 14.2 Å². The van der Waals surface area contributed by atoms with Gasteiger partial charge in [-0.15, -0.1) is 0 Å². The Morgan fingerprint density at radius 1 is 1.21 bits per heavy atom. The normalized spacial score (nSPS) is 27.7. The van der Waals surface area contributed by atoms with E-state index >= 15 is 0 Å². The van der Waals surface area contributed by atoms with Crippen molar-refractivity contribution in [2.45, 2.75) is 51.0 Å². The second-order valence-corrected chi connectivity index (χ2v) is 8.27. The molecule has 3 fully saturated rings. The molecule has 7 nitrogen and oxygen atoms in total. The summed E-state index contributed by atoms with van der Waals surface area (Å²) >= 11 is 0. The van der Waals surface area contributed by atoms with Crippen LogP contribution in [0, 0.1) is 22.7 Å². The maximum atomic E-state index is 13.2. The van der Waals surface area contributed by atoms with Gasteiger partial charge in [0.05, 0.1) is 25.3 Å². The lowest BCUT2D eigenvalue weighted by Crippen LogP contribution is -2.61. The van der Waals surface area contributed by atoms with Crippen LogP contribution < -0.4 is 0 Å². The largest absolute Gasteiger partial charge is 0.445 e. The maximum absolute atomic E-state index is 13.2. The molecule has 154 valence electrons. The molecule has 1 amide bonds. The van der Waals surface area contributed by atoms with Crippen LogP contribution in [0.2, 0.25) is 0 Å². The zero-order valence-electron chi connectivity index (χ0n) is 16.6. The number of nitriles is 1. The van der Waals surface area contributed by atoms with Crippen LogP contribution in [0.25, 0.3) is 0 Å². The predicted molar refractivity (Wildman–Crippen MR) is 102 cm³/mol. The Bertz CT molecular complexity index is 802. The number of nitrogens with zero attached hydrogens (tertiary/aromatic N) is 2. The highest BCUT2D eigenvalue weighted by Crippen LogP contribution is 2.49. The minimum atomic E-state index is -0.854. The SMILES string of the molecule is C[C@H]1C(C#N)C(=O)C2(CCC3(CC2)OCCO3)CN1C(=O)OCc1ccccc1. The van der Waals surface area contributed by atoms with Crippen LogP contribution in [0.5, 0.6) is 0 Å². The van der Waals surface area contributed by atoms with Gasteiger partial charge in [0.25, 0.3) is 0 Å². The van der Waals surface area contributed by atoms with E-state index in [9.17, 15) is 14.9 Å². The Labute approximate surface area is 170 Å². The minimum Gasteiger partial charge on any atom is -0.445 e. The summed E-state index contributed by atoms with van der Waals surface area (Å²) in [7, 11) is 0. The molecule has 29 heavy (non-hydrogen) atoms. The van der Waals surface area contributed by atoms with Gasteiger partial charge < -0.3 is 19.1 Å². The summed E-state index contributed by atoms with van der Waals surface area (Å²) < 4.78 is 17.1. The van der Waals surface area contributed by atoms with E-state index in [-0.39, 0.29) is 18.9 Å². The zero-order valence-corrected chi connectivity index (χ0v) is 16.6. The first kappa shape index (κ1) is 19.9. The summed E-state index contributed by atoms with van der Waals surface area (Å²) in [6, 6.07) is 11.1. The number of amides is 1. The van der Waals surface area contributed by atoms with E-state index in [1.54, 1.807) is 11.8 Å². The highest BCUT2D eigenvalue weighted by atomic mass is 16.7. The summed E-state index contributed by atoms with van der Waals surface area (Å²) in [5.74, 6) is -1.52. The molecule has 1 aromatic carbocycles. The third kappa shape index (κ3) is 3.63. The molecule has 0 N–H and O–H groups in total. The van der Waals surface area contributed by atoms with Gasteiger partial charge in [-0.1, -0.05) is 30.3 Å². The molecular formula is C22H26N2O5. The van der Waals surface area contributed by atoms with Crippen molar-refractivity contribution < 1.29 is 23.8 Å². The smallest absolute Gasteiger partial charge is 0.410 e. The van der Waals surface area contributed by atoms with Gasteiger partial charge in [0.2, 0.25) is 0 Å². The van der Waals surface area contributed by atoms with Gasteiger partial charge in [0.15, 0.2) is 11.6 Å². The van der Waals surface area contributed by atoms with Gasteiger partial charge in [-0.2, -0.15) is 5.26 Å². The summed E-state index contributed by atoms with van der Waals surface area (Å²) in [6.07, 6.45) is 1.79. The lowest BCUT2D eigenvalue weighted by Gasteiger charge is -2.50. The fourth-order valence-electron chi connectivity index (χ4n) is 4.78. The fourth-order valence-corrected chi connectivity index (χ4v) is 4.78. The Hall–Kier alpha value is -2.43. The minimum absolute atomic E-state index is 0.0625. The van der Waals surface area contributed by atoms with Crippen LogP contribution >= 0.6 is 0 Å². The molecule has 1 saturated carbocycles. The zero-order chi connectivity index (χ0) is 20.5. The number of piperidine rings is 1. The van der Waals surface area contributed by atoms with Gasteiger partial charge in [0, 0.05) is 24.8 Å². The quantitative estimate of drug-likeness (QED) is 0.761. The Kier molecular flexibility index (Phi) is 5.32. The average Bonchev–Trinajstić information content (AvgIpc) is 3.21. The predicted octanol–water partition coefficient (Wildman–Crippen LogP) is 3.04. The Balaban J connectivity index is 1.49. The van der Waals surface area contributed by atoms with Crippen molar-refractivity contribution in [2.75, 3.05) is 19.8 Å². The summed E-state index contributed by atoms with van der Waals surface area (Å²) in [6.45, 7) is 3.31. The number of likely N-dealkylation sites (tertiary alicyclic amines) is 1. The number of rotatable bonds is 2. The van der Waals surface area contributed by atoms with Crippen LogP contribution in [0.15, 0.2) is 30.3 Å². The Morgan fingerprint density at radius 2 is 1.86 bits per heavy atom. The van der Waals surface area contributed by atoms with Crippen molar-refractivity contribution in [1.82, 2.24) is 4.90 Å². The van der Waals surface area contributed by atoms with Crippen LogP contribution in [0.3, 0.4) is 0 Å². The first-order valence-electron chi connectivity index (χ1n) is 10.2. The molecule has 0 radical (unpaired) electrons. The highest BCUT2D eigenvalue weighted by molar-refractivity contribution is 5.92. The molecule has 7 heteroatoms. The molecule has 1 unspecified atom stereocenters. The summed E-state index contributed by atoms with van der Waals surface area (Å²) in [5.41, 5.74) is 0.155. The number of benzene rings is 1. The second-order valence-electron chi connectivity index (χ2n) is 8.27. The van der Waals surface area contributed by atoms with E-state index < -0.39 is 29.3 Å². The van der Waals surface area contributed by atoms with Crippen molar-refractivity contribution in [3.63, 3.8) is 0 Å². The number of hydrogen-bond acceptors (Lipinski definition) is 6. The summed E-state index contributed by atoms with van der Waals surface area (Å²) in [5, 5.41) is 9.66. The fraction of sp³-hybridized carbons (Fsp3) is 0.591. The van der Waals surface area contributed by atoms with Gasteiger partial charge >= 0.3 is 6.09 Å². The lowest BCUT2D eigenvalue weighted by atomic mass is 9.63. The van der Waals surface area contributed by atoms with Gasteiger partial charge in [0.1, 0.15) is 12.5 Å².